The van der Waals surface area contributed by atoms with E-state index in [0.29, 0.717) is 0 Å². The first-order valence-corrected chi connectivity index (χ1v) is 3.39. The van der Waals surface area contributed by atoms with E-state index in [-0.39, 0.29) is 0 Å². The van der Waals surface area contributed by atoms with Crippen molar-refractivity contribution in [3.8, 4) is 0 Å². The average molecular weight is 158 g/mol. The Labute approximate surface area is 42.2 Å². The molecule has 0 aliphatic carbocycles. The van der Waals surface area contributed by atoms with E-state index < -0.39 is 0 Å². The Balaban J connectivity index is 2.32. The average Bonchev–Trinajstić information content (AvgIpc) is 0.811. The summed E-state index contributed by atoms with van der Waals surface area (Å²) in [6.07, 6.45) is 0. The molecule has 0 aliphatic heterocycles. The van der Waals surface area contributed by atoms with Gasteiger partial charge in [-0.05, 0) is 0 Å². The van der Waals surface area contributed by atoms with Gasteiger partial charge in [-0.25, -0.2) is 0 Å². The van der Waals surface area contributed by atoms with Crippen LogP contribution in [0.1, 0.15) is 13.8 Å². The van der Waals surface area contributed by atoms with Gasteiger partial charge in [0.15, 0.2) is 0 Å². The van der Waals surface area contributed by atoms with Crippen LogP contribution in [-0.2, 0) is 0 Å². The van der Waals surface area contributed by atoms with E-state index in [9.17, 15) is 0 Å². The van der Waals surface area contributed by atoms with Gasteiger partial charge in [0.05, 0.1) is 0 Å². The number of rotatable bonds is 0. The van der Waals surface area contributed by atoms with Crippen LogP contribution >= 0.6 is 0 Å². The molecular weight excluding hydrogens is 151 g/mol. The van der Waals surface area contributed by atoms with Crippen molar-refractivity contribution in [2.75, 3.05) is 0 Å². The second kappa shape index (κ2) is 2.13. The Morgan fingerprint density at radius 3 is 1.50 bits per heavy atom. The van der Waals surface area contributed by atoms with Crippen LogP contribution in [0.2, 0.25) is 3.67 Å². The summed E-state index contributed by atoms with van der Waals surface area (Å²) in [6, 6.07) is 0. The molecule has 4 heavy (non-hydrogen) atoms. The van der Waals surface area contributed by atoms with Crippen molar-refractivity contribution in [3.63, 3.8) is 0 Å². The summed E-state index contributed by atoms with van der Waals surface area (Å²) in [5.41, 5.74) is 0. The minimum absolute atomic E-state index is 0.963. The van der Waals surface area contributed by atoms with E-state index in [4.69, 9.17) is 0 Å². The van der Waals surface area contributed by atoms with Crippen LogP contribution in [0, 0.1) is 0 Å². The summed E-state index contributed by atoms with van der Waals surface area (Å²) in [7, 11) is 0. The number of hydrogen-bond donors (Lipinski definition) is 0. The quantitative estimate of drug-likeness (QED) is 0.492. The Hall–Kier alpha value is 0.870. The van der Waals surface area contributed by atoms with Crippen LogP contribution in [-0.4, -0.2) is 24.4 Å². The second-order valence-electron chi connectivity index (χ2n) is 1.24. The third-order valence-electron chi connectivity index (χ3n) is 0. The summed E-state index contributed by atoms with van der Waals surface area (Å²) < 4.78 is 0.963. The molecule has 0 atom stereocenters. The third-order valence-corrected chi connectivity index (χ3v) is 0. The zero-order valence-electron chi connectivity index (χ0n) is 3.15. The fourth-order valence-electron chi connectivity index (χ4n) is 0. The first-order chi connectivity index (χ1) is 1.73. The second-order valence-corrected chi connectivity index (χ2v) is 5.05. The zero-order chi connectivity index (χ0) is 3.58. The predicted molar refractivity (Wildman–Crippen MR) is 20.9 cm³/mol. The maximum atomic E-state index is 2.22. The summed E-state index contributed by atoms with van der Waals surface area (Å²) in [5.74, 6) is 0. The monoisotopic (exact) mass is 158 g/mol. The van der Waals surface area contributed by atoms with E-state index in [2.05, 4.69) is 13.8 Å². The van der Waals surface area contributed by atoms with Gasteiger partial charge in [0.25, 0.3) is 0 Å². The fourth-order valence-corrected chi connectivity index (χ4v) is 0. The Morgan fingerprint density at radius 2 is 1.50 bits per heavy atom. The molecule has 0 N–H and O–H groups in total. The number of hydrogen-bond acceptors (Lipinski definition) is 0. The van der Waals surface area contributed by atoms with Crippen LogP contribution in [0.5, 0.6) is 0 Å². The summed E-state index contributed by atoms with van der Waals surface area (Å²) in [6.45, 7) is 4.45. The summed E-state index contributed by atoms with van der Waals surface area (Å²) in [5, 5.41) is 0. The molecule has 0 aromatic heterocycles. The summed E-state index contributed by atoms with van der Waals surface area (Å²) >= 11 is 1.40. The molecule has 0 spiro atoms. The van der Waals surface area contributed by atoms with Gasteiger partial charge >= 0.3 is 41.9 Å². The van der Waals surface area contributed by atoms with Gasteiger partial charge in [-0.3, -0.25) is 0 Å². The molecule has 0 rings (SSSR count). The van der Waals surface area contributed by atoms with Crippen molar-refractivity contribution in [2.45, 2.75) is 17.5 Å². The molecule has 0 saturated heterocycles. The SMILES string of the molecule is C[CH](C)[In]. The Bertz CT molecular complexity index is 8.00. The van der Waals surface area contributed by atoms with Crippen molar-refractivity contribution < 1.29 is 0 Å². The van der Waals surface area contributed by atoms with Crippen molar-refractivity contribution in [1.29, 1.82) is 0 Å². The molecule has 0 heterocycles. The molecule has 0 aliphatic rings. The molecular formula is C3H7In. The van der Waals surface area contributed by atoms with Crippen LogP contribution in [0.25, 0.3) is 0 Å². The van der Waals surface area contributed by atoms with Gasteiger partial charge in [0, 0.05) is 0 Å². The molecule has 0 nitrogen and oxygen atoms in total. The zero-order valence-corrected chi connectivity index (χ0v) is 6.45. The van der Waals surface area contributed by atoms with Crippen molar-refractivity contribution in [2.24, 2.45) is 0 Å². The fraction of sp³-hybridized carbons (Fsp3) is 1.00. The normalized spacial score (nSPS) is 8.75. The molecule has 0 aromatic rings. The van der Waals surface area contributed by atoms with Crippen LogP contribution < -0.4 is 0 Å². The minimum atomic E-state index is 0.963. The van der Waals surface area contributed by atoms with E-state index in [1.54, 1.807) is 0 Å². The molecule has 0 bridgehead atoms. The molecule has 0 unspecified atom stereocenters. The molecule has 0 saturated carbocycles. The molecule has 2 radical (unpaired) electrons. The molecule has 0 aromatic carbocycles. The molecule has 0 amide bonds. The standard InChI is InChI=1S/C3H7.In/c1-3-2;/h3H,1-2H3;. The van der Waals surface area contributed by atoms with E-state index in [1.165, 1.54) is 24.4 Å². The first-order valence-electron chi connectivity index (χ1n) is 1.49. The van der Waals surface area contributed by atoms with Gasteiger partial charge in [-0.1, -0.05) is 0 Å². The van der Waals surface area contributed by atoms with Crippen molar-refractivity contribution in [1.82, 2.24) is 0 Å². The Kier molecular flexibility index (Phi) is 2.59. The molecule has 0 fully saturated rings. The van der Waals surface area contributed by atoms with Gasteiger partial charge in [-0.2, -0.15) is 0 Å². The Morgan fingerprint density at radius 1 is 1.50 bits per heavy atom. The van der Waals surface area contributed by atoms with E-state index >= 15 is 0 Å². The van der Waals surface area contributed by atoms with E-state index in [0.717, 1.165) is 3.67 Å². The van der Waals surface area contributed by atoms with Crippen LogP contribution in [0.15, 0.2) is 0 Å². The van der Waals surface area contributed by atoms with Crippen LogP contribution in [0.4, 0.5) is 0 Å². The maximum absolute atomic E-state index is 2.22. The van der Waals surface area contributed by atoms with Crippen molar-refractivity contribution in [3.05, 3.63) is 0 Å². The van der Waals surface area contributed by atoms with Gasteiger partial charge in [0.1, 0.15) is 0 Å². The van der Waals surface area contributed by atoms with E-state index in [1.807, 2.05) is 0 Å². The van der Waals surface area contributed by atoms with Gasteiger partial charge in [-0.15, -0.1) is 0 Å². The third kappa shape index (κ3) is 13.3. The van der Waals surface area contributed by atoms with Gasteiger partial charge in [0.2, 0.25) is 0 Å². The summed E-state index contributed by atoms with van der Waals surface area (Å²) in [4.78, 5) is 0. The topological polar surface area (TPSA) is 0 Å². The van der Waals surface area contributed by atoms with Crippen molar-refractivity contribution >= 4 is 24.4 Å². The molecule has 1 heteroatoms. The predicted octanol–water partition coefficient (Wildman–Crippen LogP) is 0.983. The first kappa shape index (κ1) is 4.87. The van der Waals surface area contributed by atoms with Gasteiger partial charge < -0.3 is 0 Å². The molecule has 22 valence electrons. The van der Waals surface area contributed by atoms with Crippen LogP contribution in [0.3, 0.4) is 0 Å².